The number of hydrogen-bond donors (Lipinski definition) is 1. The zero-order chi connectivity index (χ0) is 16.8. The van der Waals surface area contributed by atoms with Gasteiger partial charge in [-0.3, -0.25) is 0 Å². The Labute approximate surface area is 138 Å². The highest BCUT2D eigenvalue weighted by atomic mass is 28.4. The molecule has 0 atom stereocenters. The third kappa shape index (κ3) is 4.67. The minimum atomic E-state index is -1.75. The van der Waals surface area contributed by atoms with Gasteiger partial charge in [-0.15, -0.1) is 0 Å². The van der Waals surface area contributed by atoms with Crippen molar-refractivity contribution in [2.45, 2.75) is 71.0 Å². The molecule has 0 amide bonds. The van der Waals surface area contributed by atoms with Crippen molar-refractivity contribution in [3.05, 3.63) is 35.4 Å². The van der Waals surface area contributed by atoms with E-state index < -0.39 is 8.32 Å². The molecular weight excluding hydrogens is 288 g/mol. The van der Waals surface area contributed by atoms with E-state index in [4.69, 9.17) is 9.53 Å². The third-order valence-corrected chi connectivity index (χ3v) is 11.0. The Hall–Kier alpha value is -0.643. The van der Waals surface area contributed by atoms with Gasteiger partial charge in [0.15, 0.2) is 8.32 Å². The van der Waals surface area contributed by atoms with Crippen LogP contribution in [0.3, 0.4) is 0 Å². The minimum absolute atomic E-state index is 0.212. The molecule has 0 fully saturated rings. The van der Waals surface area contributed by atoms with Crippen LogP contribution in [0, 0.1) is 0 Å². The molecule has 126 valence electrons. The van der Waals surface area contributed by atoms with Crippen LogP contribution in [-0.4, -0.2) is 26.6 Å². The third-order valence-electron chi connectivity index (χ3n) is 4.84. The quantitative estimate of drug-likeness (QED) is 0.651. The van der Waals surface area contributed by atoms with Gasteiger partial charge in [0, 0.05) is 13.2 Å². The lowest BCUT2D eigenvalue weighted by molar-refractivity contribution is 0.281. The second-order valence-corrected chi connectivity index (χ2v) is 12.7. The molecule has 3 heteroatoms. The van der Waals surface area contributed by atoms with Crippen molar-refractivity contribution in [3.63, 3.8) is 0 Å². The van der Waals surface area contributed by atoms with Crippen LogP contribution in [0.5, 0.6) is 0 Å². The molecule has 0 unspecified atom stereocenters. The molecule has 0 aliphatic heterocycles. The van der Waals surface area contributed by atoms with Gasteiger partial charge in [0.05, 0.1) is 0 Å². The maximum Gasteiger partial charge on any atom is 0.200 e. The Kier molecular flexibility index (Phi) is 7.81. The average molecular weight is 323 g/mol. The summed E-state index contributed by atoms with van der Waals surface area (Å²) in [6.07, 6.45) is 1.69. The van der Waals surface area contributed by atoms with Crippen LogP contribution in [0.4, 0.5) is 0 Å². The van der Waals surface area contributed by atoms with Gasteiger partial charge in [-0.2, -0.15) is 0 Å². The molecule has 1 aromatic rings. The molecule has 2 nitrogen and oxygen atoms in total. The highest BCUT2D eigenvalue weighted by Gasteiger charge is 2.44. The predicted octanol–water partition coefficient (Wildman–Crippen LogP) is 4.96. The molecule has 0 saturated carbocycles. The van der Waals surface area contributed by atoms with Crippen LogP contribution in [0.2, 0.25) is 16.6 Å². The standard InChI is InChI=1S/C19H34O2Si/c1-15(2)22(16(3)4,17(5)6)21-13-11-19-9-7-8-18(14-19)10-12-20/h7-9,14-17,20H,10-13H2,1-6H3. The molecule has 0 saturated heterocycles. The maximum atomic E-state index is 9.06. The van der Waals surface area contributed by atoms with E-state index in [-0.39, 0.29) is 6.61 Å². The van der Waals surface area contributed by atoms with E-state index in [1.807, 2.05) is 0 Å². The van der Waals surface area contributed by atoms with Crippen LogP contribution in [-0.2, 0) is 17.3 Å². The number of hydrogen-bond acceptors (Lipinski definition) is 2. The van der Waals surface area contributed by atoms with Gasteiger partial charge in [0.1, 0.15) is 0 Å². The fourth-order valence-electron chi connectivity index (χ4n) is 3.92. The fraction of sp³-hybridized carbons (Fsp3) is 0.684. The van der Waals surface area contributed by atoms with Crippen LogP contribution < -0.4 is 0 Å². The van der Waals surface area contributed by atoms with Gasteiger partial charge in [-0.25, -0.2) is 0 Å². The molecule has 0 radical (unpaired) electrons. The maximum absolute atomic E-state index is 9.06. The van der Waals surface area contributed by atoms with Crippen molar-refractivity contribution in [3.8, 4) is 0 Å². The summed E-state index contributed by atoms with van der Waals surface area (Å²) in [6, 6.07) is 8.52. The van der Waals surface area contributed by atoms with Crippen molar-refractivity contribution < 1.29 is 9.53 Å². The minimum Gasteiger partial charge on any atom is -0.416 e. The van der Waals surface area contributed by atoms with Crippen LogP contribution >= 0.6 is 0 Å². The lowest BCUT2D eigenvalue weighted by Gasteiger charge is -2.42. The molecule has 1 aromatic carbocycles. The van der Waals surface area contributed by atoms with Crippen molar-refractivity contribution in [2.75, 3.05) is 13.2 Å². The second kappa shape index (κ2) is 8.85. The number of rotatable bonds is 9. The SMILES string of the molecule is CC(C)[Si](OCCc1cccc(CCO)c1)(C(C)C)C(C)C. The lowest BCUT2D eigenvalue weighted by atomic mass is 10.1. The molecular formula is C19H34O2Si. The Morgan fingerprint density at radius 2 is 1.41 bits per heavy atom. The van der Waals surface area contributed by atoms with Gasteiger partial charge >= 0.3 is 0 Å². The van der Waals surface area contributed by atoms with Crippen LogP contribution in [0.1, 0.15) is 52.7 Å². The summed E-state index contributed by atoms with van der Waals surface area (Å²) in [7, 11) is -1.75. The molecule has 0 heterocycles. The predicted molar refractivity (Wildman–Crippen MR) is 97.9 cm³/mol. The van der Waals surface area contributed by atoms with Crippen molar-refractivity contribution in [1.29, 1.82) is 0 Å². The van der Waals surface area contributed by atoms with Crippen LogP contribution in [0.15, 0.2) is 24.3 Å². The zero-order valence-corrected chi connectivity index (χ0v) is 16.2. The van der Waals surface area contributed by atoms with Crippen molar-refractivity contribution >= 4 is 8.32 Å². The normalized spacial score (nSPS) is 12.6. The summed E-state index contributed by atoms with van der Waals surface area (Å²) in [5, 5.41) is 9.06. The Balaban J connectivity index is 2.72. The monoisotopic (exact) mass is 322 g/mol. The second-order valence-electron chi connectivity index (χ2n) is 7.21. The van der Waals surface area contributed by atoms with Crippen molar-refractivity contribution in [2.24, 2.45) is 0 Å². The van der Waals surface area contributed by atoms with Gasteiger partial charge in [0.25, 0.3) is 0 Å². The summed E-state index contributed by atoms with van der Waals surface area (Å²) < 4.78 is 6.61. The summed E-state index contributed by atoms with van der Waals surface area (Å²) in [6.45, 7) is 15.0. The van der Waals surface area contributed by atoms with E-state index >= 15 is 0 Å². The smallest absolute Gasteiger partial charge is 0.200 e. The Bertz CT molecular complexity index is 419. The van der Waals surface area contributed by atoms with E-state index in [2.05, 4.69) is 65.8 Å². The molecule has 0 aliphatic carbocycles. The van der Waals surface area contributed by atoms with E-state index in [1.54, 1.807) is 0 Å². The topological polar surface area (TPSA) is 29.5 Å². The first-order valence-corrected chi connectivity index (χ1v) is 10.8. The fourth-order valence-corrected chi connectivity index (χ4v) is 9.37. The summed E-state index contributed by atoms with van der Waals surface area (Å²) in [4.78, 5) is 0. The van der Waals surface area contributed by atoms with E-state index in [1.165, 1.54) is 11.1 Å². The average Bonchev–Trinajstić information content (AvgIpc) is 2.43. The van der Waals surface area contributed by atoms with E-state index in [0.29, 0.717) is 16.6 Å². The zero-order valence-electron chi connectivity index (χ0n) is 15.2. The summed E-state index contributed by atoms with van der Waals surface area (Å²) in [5.74, 6) is 0. The Morgan fingerprint density at radius 3 is 1.86 bits per heavy atom. The van der Waals surface area contributed by atoms with E-state index in [9.17, 15) is 0 Å². The van der Waals surface area contributed by atoms with Crippen molar-refractivity contribution in [1.82, 2.24) is 0 Å². The molecule has 1 N–H and O–H groups in total. The van der Waals surface area contributed by atoms with Gasteiger partial charge in [-0.05, 0) is 40.6 Å². The highest BCUT2D eigenvalue weighted by Crippen LogP contribution is 2.42. The molecule has 1 rings (SSSR count). The molecule has 0 bridgehead atoms. The summed E-state index contributed by atoms with van der Waals surface area (Å²) in [5.41, 5.74) is 4.42. The first kappa shape index (κ1) is 19.4. The number of aliphatic hydroxyl groups excluding tert-OH is 1. The summed E-state index contributed by atoms with van der Waals surface area (Å²) >= 11 is 0. The molecule has 0 aromatic heterocycles. The van der Waals surface area contributed by atoms with Gasteiger partial charge < -0.3 is 9.53 Å². The number of benzene rings is 1. The first-order chi connectivity index (χ1) is 10.3. The molecule has 0 spiro atoms. The van der Waals surface area contributed by atoms with Gasteiger partial charge in [-0.1, -0.05) is 65.8 Å². The first-order valence-electron chi connectivity index (χ1n) is 8.67. The molecule has 22 heavy (non-hydrogen) atoms. The largest absolute Gasteiger partial charge is 0.416 e. The molecule has 0 aliphatic rings. The van der Waals surface area contributed by atoms with Crippen LogP contribution in [0.25, 0.3) is 0 Å². The Morgan fingerprint density at radius 1 is 0.909 bits per heavy atom. The van der Waals surface area contributed by atoms with E-state index in [0.717, 1.165) is 19.4 Å². The highest BCUT2D eigenvalue weighted by molar-refractivity contribution is 6.77. The number of aliphatic hydroxyl groups is 1. The lowest BCUT2D eigenvalue weighted by Crippen LogP contribution is -2.48. The van der Waals surface area contributed by atoms with Gasteiger partial charge in [0.2, 0.25) is 0 Å².